The van der Waals surface area contributed by atoms with Crippen LogP contribution in [0, 0.1) is 6.92 Å². The van der Waals surface area contributed by atoms with Crippen LogP contribution in [0.4, 0.5) is 5.69 Å². The minimum Gasteiger partial charge on any atom is -0.378 e. The van der Waals surface area contributed by atoms with Gasteiger partial charge in [0.2, 0.25) is 0 Å². The summed E-state index contributed by atoms with van der Waals surface area (Å²) in [6.45, 7) is 2.34. The van der Waals surface area contributed by atoms with Crippen LogP contribution < -0.4 is 5.32 Å². The van der Waals surface area contributed by atoms with Crippen molar-refractivity contribution in [2.24, 2.45) is 7.05 Å². The zero-order chi connectivity index (χ0) is 14.8. The standard InChI is InChI=1S/C18H18N2O/c1-13-6-5-7-14(10-13)19-11-18(21)16-12-20(2)17-9-4-3-8-15(16)17/h3-10,12,19H,11H2,1-2H3. The molecule has 0 aliphatic heterocycles. The van der Waals surface area contributed by atoms with E-state index in [1.165, 1.54) is 5.56 Å². The van der Waals surface area contributed by atoms with Gasteiger partial charge in [-0.05, 0) is 30.7 Å². The van der Waals surface area contributed by atoms with E-state index >= 15 is 0 Å². The number of aromatic nitrogens is 1. The number of rotatable bonds is 4. The first-order valence-corrected chi connectivity index (χ1v) is 7.03. The Morgan fingerprint density at radius 2 is 1.95 bits per heavy atom. The lowest BCUT2D eigenvalue weighted by Crippen LogP contribution is -2.13. The van der Waals surface area contributed by atoms with Gasteiger partial charge in [-0.15, -0.1) is 0 Å². The Balaban J connectivity index is 1.81. The summed E-state index contributed by atoms with van der Waals surface area (Å²) in [4.78, 5) is 12.5. The predicted octanol–water partition coefficient (Wildman–Crippen LogP) is 3.78. The van der Waals surface area contributed by atoms with Gasteiger partial charge >= 0.3 is 0 Å². The number of fused-ring (bicyclic) bond motifs is 1. The van der Waals surface area contributed by atoms with Gasteiger partial charge in [-0.3, -0.25) is 4.79 Å². The molecule has 21 heavy (non-hydrogen) atoms. The summed E-state index contributed by atoms with van der Waals surface area (Å²) in [5.74, 6) is 0.105. The van der Waals surface area contributed by atoms with E-state index in [-0.39, 0.29) is 5.78 Å². The Morgan fingerprint density at radius 3 is 2.76 bits per heavy atom. The molecule has 1 aromatic heterocycles. The van der Waals surface area contributed by atoms with Crippen molar-refractivity contribution < 1.29 is 4.79 Å². The van der Waals surface area contributed by atoms with Crippen LogP contribution in [0.25, 0.3) is 10.9 Å². The maximum atomic E-state index is 12.5. The van der Waals surface area contributed by atoms with E-state index in [9.17, 15) is 4.79 Å². The number of benzene rings is 2. The maximum absolute atomic E-state index is 12.5. The van der Waals surface area contributed by atoms with Gasteiger partial charge in [0.25, 0.3) is 0 Å². The molecule has 3 nitrogen and oxygen atoms in total. The van der Waals surface area contributed by atoms with E-state index in [2.05, 4.69) is 5.32 Å². The molecule has 0 aliphatic rings. The number of Topliss-reactive ketones (excluding diaryl/α,β-unsaturated/α-hetero) is 1. The Hall–Kier alpha value is -2.55. The lowest BCUT2D eigenvalue weighted by molar-refractivity contribution is 0.101. The molecule has 0 unspecified atom stereocenters. The Labute approximate surface area is 124 Å². The lowest BCUT2D eigenvalue weighted by Gasteiger charge is -2.06. The lowest BCUT2D eigenvalue weighted by atomic mass is 10.1. The molecule has 1 heterocycles. The van der Waals surface area contributed by atoms with E-state index in [4.69, 9.17) is 0 Å². The third-order valence-corrected chi connectivity index (χ3v) is 3.67. The normalized spacial score (nSPS) is 10.8. The highest BCUT2D eigenvalue weighted by Crippen LogP contribution is 2.21. The number of ketones is 1. The van der Waals surface area contributed by atoms with Crippen LogP contribution in [-0.2, 0) is 7.05 Å². The van der Waals surface area contributed by atoms with Crippen molar-refractivity contribution >= 4 is 22.4 Å². The summed E-state index contributed by atoms with van der Waals surface area (Å²) in [6.07, 6.45) is 1.91. The molecule has 3 heteroatoms. The molecule has 106 valence electrons. The Kier molecular flexibility index (Phi) is 3.48. The topological polar surface area (TPSA) is 34.0 Å². The van der Waals surface area contributed by atoms with E-state index in [0.717, 1.165) is 22.2 Å². The molecule has 0 atom stereocenters. The number of hydrogen-bond acceptors (Lipinski definition) is 2. The van der Waals surface area contributed by atoms with Gasteiger partial charge in [-0.25, -0.2) is 0 Å². The second kappa shape index (κ2) is 5.44. The highest BCUT2D eigenvalue weighted by atomic mass is 16.1. The molecule has 2 aromatic carbocycles. The van der Waals surface area contributed by atoms with Crippen LogP contribution in [0.15, 0.2) is 54.7 Å². The average Bonchev–Trinajstić information content (AvgIpc) is 2.83. The van der Waals surface area contributed by atoms with Crippen molar-refractivity contribution in [1.29, 1.82) is 0 Å². The SMILES string of the molecule is Cc1cccc(NCC(=O)c2cn(C)c3ccccc23)c1. The molecule has 0 fully saturated rings. The van der Waals surface area contributed by atoms with Crippen LogP contribution in [0.2, 0.25) is 0 Å². The van der Waals surface area contributed by atoms with Gasteiger partial charge in [0, 0.05) is 35.4 Å². The highest BCUT2D eigenvalue weighted by Gasteiger charge is 2.13. The van der Waals surface area contributed by atoms with Crippen LogP contribution in [-0.4, -0.2) is 16.9 Å². The predicted molar refractivity (Wildman–Crippen MR) is 86.9 cm³/mol. The third-order valence-electron chi connectivity index (χ3n) is 3.67. The molecule has 0 saturated heterocycles. The largest absolute Gasteiger partial charge is 0.378 e. The van der Waals surface area contributed by atoms with Crippen molar-refractivity contribution in [2.75, 3.05) is 11.9 Å². The summed E-state index contributed by atoms with van der Waals surface area (Å²) in [6, 6.07) is 16.0. The Bertz CT molecular complexity index is 802. The zero-order valence-electron chi connectivity index (χ0n) is 12.3. The number of hydrogen-bond donors (Lipinski definition) is 1. The molecule has 0 aliphatic carbocycles. The minimum absolute atomic E-state index is 0.105. The zero-order valence-corrected chi connectivity index (χ0v) is 12.3. The van der Waals surface area contributed by atoms with Gasteiger partial charge in [-0.2, -0.15) is 0 Å². The molecule has 0 spiro atoms. The first-order valence-electron chi connectivity index (χ1n) is 7.03. The molecule has 0 saturated carbocycles. The fraction of sp³-hybridized carbons (Fsp3) is 0.167. The number of aryl methyl sites for hydroxylation is 2. The number of anilines is 1. The summed E-state index contributed by atoms with van der Waals surface area (Å²) in [5, 5.41) is 4.21. The van der Waals surface area contributed by atoms with Crippen LogP contribution >= 0.6 is 0 Å². The molecule has 0 bridgehead atoms. The molecular formula is C18H18N2O. The van der Waals surface area contributed by atoms with Crippen LogP contribution in [0.3, 0.4) is 0 Å². The Morgan fingerprint density at radius 1 is 1.14 bits per heavy atom. The van der Waals surface area contributed by atoms with Crippen molar-refractivity contribution in [3.63, 3.8) is 0 Å². The summed E-state index contributed by atoms with van der Waals surface area (Å²) in [7, 11) is 1.97. The van der Waals surface area contributed by atoms with E-state index in [1.54, 1.807) is 0 Å². The molecule has 0 amide bonds. The van der Waals surface area contributed by atoms with Crippen LogP contribution in [0.5, 0.6) is 0 Å². The number of nitrogens with zero attached hydrogens (tertiary/aromatic N) is 1. The molecule has 0 radical (unpaired) electrons. The van der Waals surface area contributed by atoms with Crippen LogP contribution in [0.1, 0.15) is 15.9 Å². The van der Waals surface area contributed by atoms with Gasteiger partial charge in [-0.1, -0.05) is 30.3 Å². The van der Waals surface area contributed by atoms with E-state index < -0.39 is 0 Å². The summed E-state index contributed by atoms with van der Waals surface area (Å²) >= 11 is 0. The maximum Gasteiger partial charge on any atom is 0.184 e. The first kappa shape index (κ1) is 13.4. The van der Waals surface area contributed by atoms with Crippen molar-refractivity contribution in [2.45, 2.75) is 6.92 Å². The molecule has 3 aromatic rings. The highest BCUT2D eigenvalue weighted by molar-refractivity contribution is 6.09. The third kappa shape index (κ3) is 2.68. The number of carbonyl (C=O) groups excluding carboxylic acids is 1. The monoisotopic (exact) mass is 278 g/mol. The van der Waals surface area contributed by atoms with Gasteiger partial charge in [0.15, 0.2) is 5.78 Å². The van der Waals surface area contributed by atoms with Gasteiger partial charge in [0.05, 0.1) is 6.54 Å². The van der Waals surface area contributed by atoms with Crippen molar-refractivity contribution in [3.05, 3.63) is 65.9 Å². The fourth-order valence-electron chi connectivity index (χ4n) is 2.60. The second-order valence-corrected chi connectivity index (χ2v) is 5.32. The molecule has 1 N–H and O–H groups in total. The van der Waals surface area contributed by atoms with E-state index in [0.29, 0.717) is 6.54 Å². The number of nitrogens with one attached hydrogen (secondary N) is 1. The average molecular weight is 278 g/mol. The number of para-hydroxylation sites is 1. The van der Waals surface area contributed by atoms with Crippen molar-refractivity contribution in [3.8, 4) is 0 Å². The van der Waals surface area contributed by atoms with Gasteiger partial charge in [0.1, 0.15) is 0 Å². The fourth-order valence-corrected chi connectivity index (χ4v) is 2.60. The smallest absolute Gasteiger partial charge is 0.184 e. The van der Waals surface area contributed by atoms with Crippen molar-refractivity contribution in [1.82, 2.24) is 4.57 Å². The molecular weight excluding hydrogens is 260 g/mol. The molecule has 3 rings (SSSR count). The second-order valence-electron chi connectivity index (χ2n) is 5.32. The summed E-state index contributed by atoms with van der Waals surface area (Å²) in [5.41, 5.74) is 4.01. The van der Waals surface area contributed by atoms with Gasteiger partial charge < -0.3 is 9.88 Å². The quantitative estimate of drug-likeness (QED) is 0.737. The number of carbonyl (C=O) groups is 1. The first-order chi connectivity index (χ1) is 10.1. The minimum atomic E-state index is 0.105. The summed E-state index contributed by atoms with van der Waals surface area (Å²) < 4.78 is 2.00. The van der Waals surface area contributed by atoms with E-state index in [1.807, 2.05) is 73.3 Å².